The molecule has 0 aliphatic carbocycles. The second kappa shape index (κ2) is 7.69. The lowest BCUT2D eigenvalue weighted by molar-refractivity contribution is -0.122. The van der Waals surface area contributed by atoms with Gasteiger partial charge in [-0.15, -0.1) is 0 Å². The van der Waals surface area contributed by atoms with Crippen molar-refractivity contribution in [2.75, 3.05) is 13.1 Å². The second-order valence-electron chi connectivity index (χ2n) is 4.41. The molecule has 3 nitrogen and oxygen atoms in total. The van der Waals surface area contributed by atoms with Crippen LogP contribution in [-0.4, -0.2) is 25.0 Å². The summed E-state index contributed by atoms with van der Waals surface area (Å²) < 4.78 is 0. The van der Waals surface area contributed by atoms with Gasteiger partial charge < -0.3 is 10.6 Å². The molecule has 3 heteroatoms. The van der Waals surface area contributed by atoms with Gasteiger partial charge in [0.05, 0.1) is 0 Å². The number of amides is 1. The van der Waals surface area contributed by atoms with Crippen molar-refractivity contribution in [2.24, 2.45) is 0 Å². The third-order valence-corrected chi connectivity index (χ3v) is 2.98. The number of hydrogen-bond donors (Lipinski definition) is 2. The monoisotopic (exact) mass is 212 g/mol. The summed E-state index contributed by atoms with van der Waals surface area (Å²) >= 11 is 0. The molecule has 1 fully saturated rings. The maximum absolute atomic E-state index is 10.9. The van der Waals surface area contributed by atoms with Crippen LogP contribution in [-0.2, 0) is 4.79 Å². The zero-order valence-corrected chi connectivity index (χ0v) is 9.85. The average molecular weight is 212 g/mol. The maximum atomic E-state index is 10.9. The van der Waals surface area contributed by atoms with E-state index >= 15 is 0 Å². The summed E-state index contributed by atoms with van der Waals surface area (Å²) in [6.07, 6.45) is 8.32. The van der Waals surface area contributed by atoms with Crippen LogP contribution in [0.5, 0.6) is 0 Å². The van der Waals surface area contributed by atoms with Crippen LogP contribution in [0, 0.1) is 0 Å². The fraction of sp³-hybridized carbons (Fsp3) is 0.917. The van der Waals surface area contributed by atoms with Gasteiger partial charge in [-0.2, -0.15) is 0 Å². The van der Waals surface area contributed by atoms with Gasteiger partial charge in [0, 0.05) is 19.0 Å². The first-order chi connectivity index (χ1) is 7.33. The SMILES string of the molecule is CCCCCCCNC1CCC(=O)NC1. The van der Waals surface area contributed by atoms with Gasteiger partial charge in [-0.1, -0.05) is 32.6 Å². The molecule has 1 saturated heterocycles. The van der Waals surface area contributed by atoms with Crippen LogP contribution in [0.4, 0.5) is 0 Å². The van der Waals surface area contributed by atoms with E-state index in [9.17, 15) is 4.79 Å². The molecular formula is C12H24N2O. The van der Waals surface area contributed by atoms with Crippen molar-refractivity contribution >= 4 is 5.91 Å². The van der Waals surface area contributed by atoms with E-state index in [2.05, 4.69) is 17.6 Å². The van der Waals surface area contributed by atoms with Crippen molar-refractivity contribution < 1.29 is 4.79 Å². The van der Waals surface area contributed by atoms with Crippen molar-refractivity contribution in [3.63, 3.8) is 0 Å². The molecule has 1 unspecified atom stereocenters. The Morgan fingerprint density at radius 1 is 1.33 bits per heavy atom. The minimum absolute atomic E-state index is 0.205. The molecule has 2 N–H and O–H groups in total. The molecule has 1 amide bonds. The van der Waals surface area contributed by atoms with Crippen molar-refractivity contribution in [1.82, 2.24) is 10.6 Å². The summed E-state index contributed by atoms with van der Waals surface area (Å²) in [5.74, 6) is 0.205. The fourth-order valence-corrected chi connectivity index (χ4v) is 1.94. The van der Waals surface area contributed by atoms with Crippen LogP contribution < -0.4 is 10.6 Å². The summed E-state index contributed by atoms with van der Waals surface area (Å²) in [6, 6.07) is 0.508. The van der Waals surface area contributed by atoms with Gasteiger partial charge in [0.25, 0.3) is 0 Å². The Hall–Kier alpha value is -0.570. The molecule has 1 heterocycles. The first kappa shape index (κ1) is 12.5. The predicted molar refractivity (Wildman–Crippen MR) is 62.8 cm³/mol. The lowest BCUT2D eigenvalue weighted by Crippen LogP contribution is -2.45. The Morgan fingerprint density at radius 2 is 2.13 bits per heavy atom. The van der Waals surface area contributed by atoms with Crippen LogP contribution in [0.3, 0.4) is 0 Å². The van der Waals surface area contributed by atoms with Crippen molar-refractivity contribution in [3.05, 3.63) is 0 Å². The normalized spacial score (nSPS) is 21.4. The molecule has 0 saturated carbocycles. The summed E-state index contributed by atoms with van der Waals surface area (Å²) in [5, 5.41) is 6.40. The highest BCUT2D eigenvalue weighted by molar-refractivity contribution is 5.76. The minimum Gasteiger partial charge on any atom is -0.355 e. The number of rotatable bonds is 7. The predicted octanol–water partition coefficient (Wildman–Crippen LogP) is 1.82. The van der Waals surface area contributed by atoms with Crippen molar-refractivity contribution in [3.8, 4) is 0 Å². The van der Waals surface area contributed by atoms with E-state index in [1.807, 2.05) is 0 Å². The quantitative estimate of drug-likeness (QED) is 0.632. The van der Waals surface area contributed by atoms with Crippen LogP contribution in [0.1, 0.15) is 51.9 Å². The molecule has 1 aliphatic heterocycles. The maximum Gasteiger partial charge on any atom is 0.220 e. The first-order valence-electron chi connectivity index (χ1n) is 6.33. The van der Waals surface area contributed by atoms with Crippen LogP contribution in [0.25, 0.3) is 0 Å². The largest absolute Gasteiger partial charge is 0.355 e. The van der Waals surface area contributed by atoms with E-state index in [-0.39, 0.29) is 5.91 Å². The van der Waals surface area contributed by atoms with E-state index in [1.54, 1.807) is 0 Å². The van der Waals surface area contributed by atoms with Gasteiger partial charge in [-0.25, -0.2) is 0 Å². The summed E-state index contributed by atoms with van der Waals surface area (Å²) in [7, 11) is 0. The molecule has 0 aromatic carbocycles. The van der Waals surface area contributed by atoms with Gasteiger partial charge in [0.1, 0.15) is 0 Å². The highest BCUT2D eigenvalue weighted by atomic mass is 16.1. The number of carbonyl (C=O) groups is 1. The van der Waals surface area contributed by atoms with Gasteiger partial charge in [-0.05, 0) is 19.4 Å². The molecule has 15 heavy (non-hydrogen) atoms. The highest BCUT2D eigenvalue weighted by Gasteiger charge is 2.16. The zero-order chi connectivity index (χ0) is 10.9. The third-order valence-electron chi connectivity index (χ3n) is 2.98. The van der Waals surface area contributed by atoms with E-state index in [0.29, 0.717) is 12.5 Å². The summed E-state index contributed by atoms with van der Waals surface area (Å²) in [6.45, 7) is 4.15. The molecule has 0 radical (unpaired) electrons. The van der Waals surface area contributed by atoms with E-state index in [1.165, 1.54) is 32.1 Å². The van der Waals surface area contributed by atoms with E-state index < -0.39 is 0 Å². The average Bonchev–Trinajstić information content (AvgIpc) is 2.26. The van der Waals surface area contributed by atoms with Crippen LogP contribution in [0.15, 0.2) is 0 Å². The third kappa shape index (κ3) is 5.78. The van der Waals surface area contributed by atoms with Crippen molar-refractivity contribution in [2.45, 2.75) is 57.9 Å². The van der Waals surface area contributed by atoms with E-state index in [0.717, 1.165) is 19.5 Å². The zero-order valence-electron chi connectivity index (χ0n) is 9.85. The molecule has 1 atom stereocenters. The number of carbonyl (C=O) groups excluding carboxylic acids is 1. The Bertz CT molecular complexity index is 172. The lowest BCUT2D eigenvalue weighted by atomic mass is 10.1. The molecule has 1 aliphatic rings. The molecular weight excluding hydrogens is 188 g/mol. The topological polar surface area (TPSA) is 41.1 Å². The molecule has 88 valence electrons. The Labute approximate surface area is 93.0 Å². The second-order valence-corrected chi connectivity index (χ2v) is 4.41. The number of unbranched alkanes of at least 4 members (excludes halogenated alkanes) is 4. The summed E-state index contributed by atoms with van der Waals surface area (Å²) in [5.41, 5.74) is 0. The fourth-order valence-electron chi connectivity index (χ4n) is 1.94. The lowest BCUT2D eigenvalue weighted by Gasteiger charge is -2.23. The van der Waals surface area contributed by atoms with Gasteiger partial charge >= 0.3 is 0 Å². The van der Waals surface area contributed by atoms with E-state index in [4.69, 9.17) is 0 Å². The van der Waals surface area contributed by atoms with Gasteiger partial charge in [0.15, 0.2) is 0 Å². The Balaban J connectivity index is 1.89. The first-order valence-corrected chi connectivity index (χ1v) is 6.33. The molecule has 0 aromatic heterocycles. The number of hydrogen-bond acceptors (Lipinski definition) is 2. The Kier molecular flexibility index (Phi) is 6.41. The minimum atomic E-state index is 0.205. The van der Waals surface area contributed by atoms with Crippen LogP contribution >= 0.6 is 0 Å². The molecule has 0 bridgehead atoms. The van der Waals surface area contributed by atoms with Gasteiger partial charge in [-0.3, -0.25) is 4.79 Å². The van der Waals surface area contributed by atoms with Crippen molar-refractivity contribution in [1.29, 1.82) is 0 Å². The molecule has 1 rings (SSSR count). The smallest absolute Gasteiger partial charge is 0.220 e. The molecule has 0 aromatic rings. The molecule has 0 spiro atoms. The van der Waals surface area contributed by atoms with Crippen LogP contribution in [0.2, 0.25) is 0 Å². The summed E-state index contributed by atoms with van der Waals surface area (Å²) in [4.78, 5) is 10.9. The Morgan fingerprint density at radius 3 is 2.80 bits per heavy atom. The number of nitrogens with one attached hydrogen (secondary N) is 2. The standard InChI is InChI=1S/C12H24N2O/c1-2-3-4-5-6-9-13-11-7-8-12(15)14-10-11/h11,13H,2-10H2,1H3,(H,14,15). The highest BCUT2D eigenvalue weighted by Crippen LogP contribution is 2.04. The van der Waals surface area contributed by atoms with Gasteiger partial charge in [0.2, 0.25) is 5.91 Å². The number of piperidine rings is 1.